The zero-order chi connectivity index (χ0) is 14.3. The number of hydrogen-bond donors (Lipinski definition) is 1. The monoisotopic (exact) mass is 270 g/mol. The van der Waals surface area contributed by atoms with Crippen LogP contribution in [0.1, 0.15) is 34.9 Å². The van der Waals surface area contributed by atoms with E-state index in [1.54, 1.807) is 0 Å². The minimum Gasteiger partial charge on any atom is -0.392 e. The molecule has 3 rings (SSSR count). The molecule has 0 spiro atoms. The summed E-state index contributed by atoms with van der Waals surface area (Å²) < 4.78 is 0. The van der Waals surface area contributed by atoms with Crippen LogP contribution in [0.15, 0.2) is 12.1 Å². The van der Waals surface area contributed by atoms with Gasteiger partial charge in [0.25, 0.3) is 0 Å². The topological polar surface area (TPSA) is 36.4 Å². The molecule has 0 aliphatic carbocycles. The number of benzene rings is 1. The van der Waals surface area contributed by atoms with Gasteiger partial charge in [0.1, 0.15) is 0 Å². The Labute approximate surface area is 120 Å². The van der Waals surface area contributed by atoms with Crippen LogP contribution in [-0.4, -0.2) is 28.1 Å². The Hall–Kier alpha value is -1.45. The average Bonchev–Trinajstić information content (AvgIpc) is 2.46. The highest BCUT2D eigenvalue weighted by Crippen LogP contribution is 2.29. The van der Waals surface area contributed by atoms with Gasteiger partial charge in [-0.2, -0.15) is 0 Å². The maximum Gasteiger partial charge on any atom is 0.0712 e. The van der Waals surface area contributed by atoms with Crippen LogP contribution in [0.2, 0.25) is 0 Å². The van der Waals surface area contributed by atoms with E-state index in [0.717, 1.165) is 42.5 Å². The van der Waals surface area contributed by atoms with Crippen molar-refractivity contribution in [2.24, 2.45) is 0 Å². The molecule has 1 aromatic carbocycles. The van der Waals surface area contributed by atoms with Gasteiger partial charge in [-0.05, 0) is 54.8 Å². The Morgan fingerprint density at radius 2 is 2.00 bits per heavy atom. The predicted molar refractivity (Wildman–Crippen MR) is 81.8 cm³/mol. The second-order valence-electron chi connectivity index (χ2n) is 5.75. The summed E-state index contributed by atoms with van der Waals surface area (Å²) in [5.74, 6) is 0. The summed E-state index contributed by atoms with van der Waals surface area (Å²) in [5.41, 5.74) is 7.05. The second-order valence-corrected chi connectivity index (χ2v) is 5.75. The van der Waals surface area contributed by atoms with E-state index in [0.29, 0.717) is 0 Å². The molecular weight excluding hydrogens is 248 g/mol. The van der Waals surface area contributed by atoms with Crippen molar-refractivity contribution in [3.63, 3.8) is 0 Å². The SMILES string of the molecule is CCN1CCc2nc3cc(C)c(C)cc3c(CO)c2C1. The number of likely N-dealkylation sites (N-methyl/N-ethyl adjacent to an activating group) is 1. The van der Waals surface area contributed by atoms with Gasteiger partial charge >= 0.3 is 0 Å². The van der Waals surface area contributed by atoms with Gasteiger partial charge in [0.2, 0.25) is 0 Å². The minimum atomic E-state index is 0.0986. The van der Waals surface area contributed by atoms with E-state index in [4.69, 9.17) is 4.98 Å². The van der Waals surface area contributed by atoms with Crippen LogP contribution in [-0.2, 0) is 19.6 Å². The predicted octanol–water partition coefficient (Wildman–Crippen LogP) is 2.72. The maximum absolute atomic E-state index is 9.86. The highest BCUT2D eigenvalue weighted by Gasteiger charge is 2.21. The van der Waals surface area contributed by atoms with Crippen LogP contribution in [0.4, 0.5) is 0 Å². The molecule has 3 nitrogen and oxygen atoms in total. The third kappa shape index (κ3) is 2.11. The average molecular weight is 270 g/mol. The number of pyridine rings is 1. The molecule has 1 aliphatic rings. The number of aliphatic hydroxyl groups excluding tert-OH is 1. The van der Waals surface area contributed by atoms with Gasteiger partial charge in [-0.25, -0.2) is 0 Å². The van der Waals surface area contributed by atoms with E-state index in [9.17, 15) is 5.11 Å². The van der Waals surface area contributed by atoms with E-state index in [2.05, 4.69) is 37.8 Å². The zero-order valence-electron chi connectivity index (χ0n) is 12.5. The smallest absolute Gasteiger partial charge is 0.0712 e. The van der Waals surface area contributed by atoms with Crippen molar-refractivity contribution in [2.45, 2.75) is 40.3 Å². The van der Waals surface area contributed by atoms with Gasteiger partial charge in [0.05, 0.1) is 12.1 Å². The first-order valence-electron chi connectivity index (χ1n) is 7.38. The van der Waals surface area contributed by atoms with Crippen LogP contribution in [0.5, 0.6) is 0 Å². The number of aromatic nitrogens is 1. The number of aryl methyl sites for hydroxylation is 2. The molecule has 2 heterocycles. The summed E-state index contributed by atoms with van der Waals surface area (Å²) in [6.45, 7) is 9.55. The highest BCUT2D eigenvalue weighted by molar-refractivity contribution is 5.85. The molecule has 0 saturated carbocycles. The first kappa shape index (κ1) is 13.5. The van der Waals surface area contributed by atoms with E-state index in [1.807, 2.05) is 0 Å². The molecular formula is C17H22N2O. The number of hydrogen-bond acceptors (Lipinski definition) is 3. The maximum atomic E-state index is 9.86. The summed E-state index contributed by atoms with van der Waals surface area (Å²) >= 11 is 0. The molecule has 3 heteroatoms. The molecule has 0 unspecified atom stereocenters. The fraction of sp³-hybridized carbons (Fsp3) is 0.471. The lowest BCUT2D eigenvalue weighted by molar-refractivity contribution is 0.252. The van der Waals surface area contributed by atoms with Crippen molar-refractivity contribution >= 4 is 10.9 Å². The quantitative estimate of drug-likeness (QED) is 0.911. The molecule has 2 aromatic rings. The van der Waals surface area contributed by atoms with Gasteiger partial charge in [0, 0.05) is 30.6 Å². The molecule has 0 bridgehead atoms. The molecule has 1 aromatic heterocycles. The molecule has 1 N–H and O–H groups in total. The Morgan fingerprint density at radius 3 is 2.70 bits per heavy atom. The molecule has 0 saturated heterocycles. The first-order valence-corrected chi connectivity index (χ1v) is 7.38. The van der Waals surface area contributed by atoms with Crippen LogP contribution in [0, 0.1) is 13.8 Å². The number of nitrogens with zero attached hydrogens (tertiary/aromatic N) is 2. The summed E-state index contributed by atoms with van der Waals surface area (Å²) in [6, 6.07) is 4.32. The highest BCUT2D eigenvalue weighted by atomic mass is 16.3. The summed E-state index contributed by atoms with van der Waals surface area (Å²) in [7, 11) is 0. The van der Waals surface area contributed by atoms with E-state index >= 15 is 0 Å². The third-order valence-corrected chi connectivity index (χ3v) is 4.56. The first-order chi connectivity index (χ1) is 9.63. The van der Waals surface area contributed by atoms with Gasteiger partial charge in [0.15, 0.2) is 0 Å². The van der Waals surface area contributed by atoms with Crippen molar-refractivity contribution in [3.8, 4) is 0 Å². The Bertz CT molecular complexity index is 664. The molecule has 20 heavy (non-hydrogen) atoms. The molecule has 1 aliphatic heterocycles. The van der Waals surface area contributed by atoms with Crippen LogP contribution >= 0.6 is 0 Å². The van der Waals surface area contributed by atoms with Crippen LogP contribution in [0.3, 0.4) is 0 Å². The zero-order valence-corrected chi connectivity index (χ0v) is 12.5. The van der Waals surface area contributed by atoms with Crippen molar-refractivity contribution in [3.05, 3.63) is 40.1 Å². The fourth-order valence-electron chi connectivity index (χ4n) is 3.10. The molecule has 106 valence electrons. The van der Waals surface area contributed by atoms with Crippen molar-refractivity contribution in [1.82, 2.24) is 9.88 Å². The largest absolute Gasteiger partial charge is 0.392 e. The summed E-state index contributed by atoms with van der Waals surface area (Å²) in [4.78, 5) is 7.27. The molecule has 0 radical (unpaired) electrons. The molecule has 0 fully saturated rings. The number of aliphatic hydroxyl groups is 1. The van der Waals surface area contributed by atoms with Gasteiger partial charge in [-0.15, -0.1) is 0 Å². The van der Waals surface area contributed by atoms with Crippen LogP contribution < -0.4 is 0 Å². The van der Waals surface area contributed by atoms with Crippen molar-refractivity contribution < 1.29 is 5.11 Å². The lowest BCUT2D eigenvalue weighted by Crippen LogP contribution is -2.31. The van der Waals surface area contributed by atoms with Crippen molar-refractivity contribution in [2.75, 3.05) is 13.1 Å². The van der Waals surface area contributed by atoms with Gasteiger partial charge < -0.3 is 5.11 Å². The lowest BCUT2D eigenvalue weighted by Gasteiger charge is -2.29. The van der Waals surface area contributed by atoms with Gasteiger partial charge in [-0.3, -0.25) is 9.88 Å². The molecule has 0 atom stereocenters. The van der Waals surface area contributed by atoms with E-state index in [1.165, 1.54) is 22.4 Å². The normalized spacial score (nSPS) is 15.6. The number of rotatable bonds is 2. The second kappa shape index (κ2) is 5.15. The summed E-state index contributed by atoms with van der Waals surface area (Å²) in [6.07, 6.45) is 0.985. The molecule has 0 amide bonds. The van der Waals surface area contributed by atoms with Gasteiger partial charge in [-0.1, -0.05) is 6.92 Å². The number of fused-ring (bicyclic) bond motifs is 2. The Morgan fingerprint density at radius 1 is 1.25 bits per heavy atom. The Kier molecular flexibility index (Phi) is 3.48. The summed E-state index contributed by atoms with van der Waals surface area (Å²) in [5, 5.41) is 11.0. The van der Waals surface area contributed by atoms with Crippen LogP contribution in [0.25, 0.3) is 10.9 Å². The fourth-order valence-corrected chi connectivity index (χ4v) is 3.10. The lowest BCUT2D eigenvalue weighted by atomic mass is 9.94. The van der Waals surface area contributed by atoms with Crippen molar-refractivity contribution in [1.29, 1.82) is 0 Å². The standard InChI is InChI=1S/C17H22N2O/c1-4-19-6-5-16-14(9-19)15(10-20)13-7-11(2)12(3)8-17(13)18-16/h7-8,20H,4-6,9-10H2,1-3H3. The van der Waals surface area contributed by atoms with E-state index in [-0.39, 0.29) is 6.61 Å². The minimum absolute atomic E-state index is 0.0986. The Balaban J connectivity index is 2.25. The third-order valence-electron chi connectivity index (χ3n) is 4.56. The van der Waals surface area contributed by atoms with E-state index < -0.39 is 0 Å².